The molecule has 0 saturated heterocycles. The predicted molar refractivity (Wildman–Crippen MR) is 145 cm³/mol. The van der Waals surface area contributed by atoms with Gasteiger partial charge in [0.05, 0.1) is 0 Å². The number of hydrogen-bond acceptors (Lipinski definition) is 4. The second-order valence-corrected chi connectivity index (χ2v) is 9.73. The molecule has 3 aromatic carbocycles. The molecule has 0 radical (unpaired) electrons. The van der Waals surface area contributed by atoms with Gasteiger partial charge in [0, 0.05) is 30.5 Å². The zero-order valence-electron chi connectivity index (χ0n) is 21.3. The minimum atomic E-state index is -0.683. The summed E-state index contributed by atoms with van der Waals surface area (Å²) < 4.78 is 10.9. The first-order chi connectivity index (χ1) is 17.9. The van der Waals surface area contributed by atoms with Crippen LogP contribution in [0, 0.1) is 0 Å². The lowest BCUT2D eigenvalue weighted by molar-refractivity contribution is -0.141. The van der Waals surface area contributed by atoms with Crippen LogP contribution in [0.1, 0.15) is 43.4 Å². The van der Waals surface area contributed by atoms with Gasteiger partial charge in [-0.3, -0.25) is 9.59 Å². The Bertz CT molecular complexity index is 1220. The molecule has 2 amide bonds. The number of carbonyl (C=O) groups excluding carboxylic acids is 2. The Morgan fingerprint density at radius 3 is 2.46 bits per heavy atom. The number of amides is 2. The van der Waals surface area contributed by atoms with E-state index in [-0.39, 0.29) is 37.6 Å². The lowest BCUT2D eigenvalue weighted by Gasteiger charge is -2.32. The zero-order valence-corrected chi connectivity index (χ0v) is 22.0. The van der Waals surface area contributed by atoms with Crippen LogP contribution in [-0.2, 0) is 29.0 Å². The highest BCUT2D eigenvalue weighted by Gasteiger charge is 2.31. The van der Waals surface area contributed by atoms with Crippen molar-refractivity contribution in [2.24, 2.45) is 0 Å². The van der Waals surface area contributed by atoms with Crippen molar-refractivity contribution in [3.8, 4) is 11.5 Å². The summed E-state index contributed by atoms with van der Waals surface area (Å²) >= 11 is 6.49. The number of ether oxygens (including phenoxy) is 2. The van der Waals surface area contributed by atoms with E-state index in [0.29, 0.717) is 29.4 Å². The maximum atomic E-state index is 13.8. The number of nitrogens with one attached hydrogen (secondary N) is 1. The molecule has 1 heterocycles. The summed E-state index contributed by atoms with van der Waals surface area (Å²) in [5.41, 5.74) is 2.76. The van der Waals surface area contributed by atoms with Gasteiger partial charge in [-0.15, -0.1) is 0 Å². The van der Waals surface area contributed by atoms with E-state index in [1.165, 1.54) is 0 Å². The van der Waals surface area contributed by atoms with Crippen LogP contribution >= 0.6 is 11.6 Å². The largest absolute Gasteiger partial charge is 0.454 e. The lowest BCUT2D eigenvalue weighted by Crippen LogP contribution is -2.52. The zero-order chi connectivity index (χ0) is 26.2. The standard InChI is InChI=1S/C30H33ClN2O4/c1-3-21(2)32-30(35)26(17-22-9-5-4-6-10-22)33(19-24-11-7-8-12-25(24)31)29(34)16-14-23-13-15-27-28(18-23)37-20-36-27/h4-13,15,18,21,26H,3,14,16-17,19-20H2,1-2H3,(H,32,35)/t21-,26+/m1/s1. The summed E-state index contributed by atoms with van der Waals surface area (Å²) in [5.74, 6) is 1.12. The van der Waals surface area contributed by atoms with Crippen LogP contribution in [0.25, 0.3) is 0 Å². The molecule has 6 nitrogen and oxygen atoms in total. The van der Waals surface area contributed by atoms with E-state index >= 15 is 0 Å². The number of rotatable bonds is 11. The molecule has 194 valence electrons. The Balaban J connectivity index is 1.61. The highest BCUT2D eigenvalue weighted by atomic mass is 35.5. The number of nitrogens with zero attached hydrogens (tertiary/aromatic N) is 1. The summed E-state index contributed by atoms with van der Waals surface area (Å²) in [6.45, 7) is 4.44. The second-order valence-electron chi connectivity index (χ2n) is 9.32. The average molecular weight is 521 g/mol. The number of carbonyl (C=O) groups is 2. The van der Waals surface area contributed by atoms with E-state index in [2.05, 4.69) is 5.32 Å². The van der Waals surface area contributed by atoms with Crippen LogP contribution in [0.5, 0.6) is 11.5 Å². The van der Waals surface area contributed by atoms with E-state index < -0.39 is 6.04 Å². The van der Waals surface area contributed by atoms with Crippen molar-refractivity contribution in [2.45, 2.75) is 58.2 Å². The molecule has 37 heavy (non-hydrogen) atoms. The first-order valence-electron chi connectivity index (χ1n) is 12.7. The highest BCUT2D eigenvalue weighted by Crippen LogP contribution is 2.33. The summed E-state index contributed by atoms with van der Waals surface area (Å²) in [4.78, 5) is 29.1. The van der Waals surface area contributed by atoms with Gasteiger partial charge in [0.15, 0.2) is 11.5 Å². The third-order valence-corrected chi connectivity index (χ3v) is 7.00. The molecule has 0 fully saturated rings. The summed E-state index contributed by atoms with van der Waals surface area (Å²) in [6, 6.07) is 22.3. The van der Waals surface area contributed by atoms with Gasteiger partial charge in [-0.25, -0.2) is 0 Å². The average Bonchev–Trinajstić information content (AvgIpc) is 3.38. The van der Waals surface area contributed by atoms with Crippen LogP contribution in [0.3, 0.4) is 0 Å². The molecule has 0 aliphatic carbocycles. The monoisotopic (exact) mass is 520 g/mol. The van der Waals surface area contributed by atoms with Crippen LogP contribution in [0.2, 0.25) is 5.02 Å². The van der Waals surface area contributed by atoms with Gasteiger partial charge in [0.25, 0.3) is 0 Å². The predicted octanol–water partition coefficient (Wildman–Crippen LogP) is 5.56. The Morgan fingerprint density at radius 2 is 1.70 bits per heavy atom. The molecule has 0 bridgehead atoms. The Kier molecular flexibility index (Phi) is 9.07. The topological polar surface area (TPSA) is 67.9 Å². The van der Waals surface area contributed by atoms with E-state index in [1.807, 2.05) is 80.6 Å². The Hall–Kier alpha value is -3.51. The van der Waals surface area contributed by atoms with Gasteiger partial charge in [0.1, 0.15) is 6.04 Å². The molecular formula is C30H33ClN2O4. The summed E-state index contributed by atoms with van der Waals surface area (Å²) in [7, 11) is 0. The minimum Gasteiger partial charge on any atom is -0.454 e. The van der Waals surface area contributed by atoms with Gasteiger partial charge in [0.2, 0.25) is 18.6 Å². The number of aryl methyl sites for hydroxylation is 1. The number of halogens is 1. The maximum Gasteiger partial charge on any atom is 0.243 e. The SMILES string of the molecule is CC[C@@H](C)NC(=O)[C@H](Cc1ccccc1)N(Cc1ccccc1Cl)C(=O)CCc1ccc2c(c1)OCO2. The maximum absolute atomic E-state index is 13.8. The minimum absolute atomic E-state index is 0.00308. The number of fused-ring (bicyclic) bond motifs is 1. The van der Waals surface area contributed by atoms with Crippen molar-refractivity contribution in [1.29, 1.82) is 0 Å². The molecule has 0 spiro atoms. The first-order valence-corrected chi connectivity index (χ1v) is 13.1. The van der Waals surface area contributed by atoms with Crippen LogP contribution in [0.15, 0.2) is 72.8 Å². The van der Waals surface area contributed by atoms with Crippen molar-refractivity contribution < 1.29 is 19.1 Å². The van der Waals surface area contributed by atoms with Crippen molar-refractivity contribution in [1.82, 2.24) is 10.2 Å². The summed E-state index contributed by atoms with van der Waals surface area (Å²) in [6.07, 6.45) is 1.96. The highest BCUT2D eigenvalue weighted by molar-refractivity contribution is 6.31. The smallest absolute Gasteiger partial charge is 0.243 e. The van der Waals surface area contributed by atoms with E-state index in [0.717, 1.165) is 23.1 Å². The fraction of sp³-hybridized carbons (Fsp3) is 0.333. The van der Waals surface area contributed by atoms with E-state index in [1.54, 1.807) is 11.0 Å². The third kappa shape index (κ3) is 7.04. The molecular weight excluding hydrogens is 488 g/mol. The van der Waals surface area contributed by atoms with Crippen LogP contribution < -0.4 is 14.8 Å². The molecule has 1 aliphatic rings. The van der Waals surface area contributed by atoms with E-state index in [9.17, 15) is 9.59 Å². The molecule has 0 aromatic heterocycles. The Morgan fingerprint density at radius 1 is 0.973 bits per heavy atom. The quantitative estimate of drug-likeness (QED) is 0.359. The molecule has 4 rings (SSSR count). The molecule has 0 unspecified atom stereocenters. The van der Waals surface area contributed by atoms with Crippen molar-refractivity contribution in [2.75, 3.05) is 6.79 Å². The van der Waals surface area contributed by atoms with Crippen LogP contribution in [-0.4, -0.2) is 35.6 Å². The fourth-order valence-corrected chi connectivity index (χ4v) is 4.49. The van der Waals surface area contributed by atoms with Crippen molar-refractivity contribution in [3.05, 3.63) is 94.5 Å². The molecule has 1 aliphatic heterocycles. The molecule has 7 heteroatoms. The van der Waals surface area contributed by atoms with Crippen molar-refractivity contribution in [3.63, 3.8) is 0 Å². The normalized spacial score (nSPS) is 13.6. The van der Waals surface area contributed by atoms with E-state index in [4.69, 9.17) is 21.1 Å². The first kappa shape index (κ1) is 26.6. The molecule has 0 saturated carbocycles. The second kappa shape index (κ2) is 12.6. The van der Waals surface area contributed by atoms with Crippen LogP contribution in [0.4, 0.5) is 0 Å². The lowest BCUT2D eigenvalue weighted by atomic mass is 10.0. The van der Waals surface area contributed by atoms with Crippen molar-refractivity contribution >= 4 is 23.4 Å². The molecule has 1 N–H and O–H groups in total. The third-order valence-electron chi connectivity index (χ3n) is 6.64. The molecule has 3 aromatic rings. The van der Waals surface area contributed by atoms with Gasteiger partial charge in [-0.1, -0.05) is 73.1 Å². The van der Waals surface area contributed by atoms with Gasteiger partial charge >= 0.3 is 0 Å². The van der Waals surface area contributed by atoms with Gasteiger partial charge in [-0.2, -0.15) is 0 Å². The Labute approximate surface area is 223 Å². The summed E-state index contributed by atoms with van der Waals surface area (Å²) in [5, 5.41) is 3.66. The number of hydrogen-bond donors (Lipinski definition) is 1. The fourth-order valence-electron chi connectivity index (χ4n) is 4.30. The van der Waals surface area contributed by atoms with Gasteiger partial charge < -0.3 is 19.7 Å². The number of benzene rings is 3. The van der Waals surface area contributed by atoms with Gasteiger partial charge in [-0.05, 0) is 54.7 Å². The molecule has 2 atom stereocenters.